The lowest BCUT2D eigenvalue weighted by molar-refractivity contribution is 0.0963. The molecule has 0 spiro atoms. The quantitative estimate of drug-likeness (QED) is 0.201. The SMILES string of the molecule is O=C1CCCc2nc(-c3cn(-c4cccc(F)c4)cn3)ccc21.O=C1CCCc2nc(-c3ncc(-c4cccc(F)c4)o3)ccc21. The number of oxazole rings is 1. The summed E-state index contributed by atoms with van der Waals surface area (Å²) in [7, 11) is 0. The summed E-state index contributed by atoms with van der Waals surface area (Å²) in [5.74, 6) is 0.531. The number of carbonyl (C=O) groups excluding carboxylic acids is 2. The Kier molecular flexibility index (Phi) is 7.84. The maximum Gasteiger partial charge on any atom is 0.245 e. The van der Waals surface area contributed by atoms with Gasteiger partial charge in [-0.3, -0.25) is 14.6 Å². The van der Waals surface area contributed by atoms with Gasteiger partial charge < -0.3 is 8.98 Å². The average Bonchev–Trinajstić information content (AvgIpc) is 3.77. The summed E-state index contributed by atoms with van der Waals surface area (Å²) >= 11 is 0. The zero-order chi connectivity index (χ0) is 31.6. The molecule has 0 fully saturated rings. The van der Waals surface area contributed by atoms with Crippen LogP contribution in [0.1, 0.15) is 57.8 Å². The number of aryl methyl sites for hydroxylation is 2. The van der Waals surface area contributed by atoms with Crippen LogP contribution >= 0.6 is 0 Å². The minimum atomic E-state index is -0.328. The number of hydrogen-bond donors (Lipinski definition) is 0. The third kappa shape index (κ3) is 6.01. The van der Waals surface area contributed by atoms with Gasteiger partial charge in [0, 0.05) is 41.4 Å². The largest absolute Gasteiger partial charge is 0.435 e. The summed E-state index contributed by atoms with van der Waals surface area (Å²) in [5.41, 5.74) is 6.41. The molecule has 0 aliphatic heterocycles. The summed E-state index contributed by atoms with van der Waals surface area (Å²) in [5, 5.41) is 0. The van der Waals surface area contributed by atoms with Crippen LogP contribution in [-0.4, -0.2) is 36.1 Å². The van der Waals surface area contributed by atoms with Crippen molar-refractivity contribution < 1.29 is 22.8 Å². The lowest BCUT2D eigenvalue weighted by Crippen LogP contribution is -2.12. The number of benzene rings is 2. The molecule has 46 heavy (non-hydrogen) atoms. The van der Waals surface area contributed by atoms with E-state index in [1.54, 1.807) is 47.4 Å². The highest BCUT2D eigenvalue weighted by atomic mass is 19.1. The molecule has 0 unspecified atom stereocenters. The summed E-state index contributed by atoms with van der Waals surface area (Å²) < 4.78 is 34.1. The van der Waals surface area contributed by atoms with Crippen LogP contribution in [-0.2, 0) is 12.8 Å². The molecule has 0 amide bonds. The Morgan fingerprint density at radius 3 is 2.02 bits per heavy atom. The van der Waals surface area contributed by atoms with Gasteiger partial charge in [0.25, 0.3) is 0 Å². The van der Waals surface area contributed by atoms with E-state index in [1.165, 1.54) is 24.3 Å². The number of nitrogens with zero attached hydrogens (tertiary/aromatic N) is 5. The minimum Gasteiger partial charge on any atom is -0.435 e. The van der Waals surface area contributed by atoms with Gasteiger partial charge >= 0.3 is 0 Å². The molecule has 4 aromatic heterocycles. The van der Waals surface area contributed by atoms with Gasteiger partial charge in [-0.25, -0.2) is 23.7 Å². The van der Waals surface area contributed by atoms with Crippen molar-refractivity contribution in [1.29, 1.82) is 0 Å². The van der Waals surface area contributed by atoms with Crippen molar-refractivity contribution in [3.63, 3.8) is 0 Å². The van der Waals surface area contributed by atoms with Gasteiger partial charge in [-0.05, 0) is 80.3 Å². The fourth-order valence-corrected chi connectivity index (χ4v) is 5.66. The molecular formula is C36H27F2N5O3. The molecule has 8 rings (SSSR count). The number of rotatable bonds is 4. The normalized spacial score (nSPS) is 13.9. The zero-order valence-electron chi connectivity index (χ0n) is 24.6. The van der Waals surface area contributed by atoms with Crippen molar-refractivity contribution >= 4 is 11.6 Å². The van der Waals surface area contributed by atoms with E-state index < -0.39 is 0 Å². The Labute approximate surface area is 262 Å². The topological polar surface area (TPSA) is 104 Å². The molecule has 0 bridgehead atoms. The molecule has 4 heterocycles. The van der Waals surface area contributed by atoms with E-state index in [0.717, 1.165) is 48.3 Å². The molecular weight excluding hydrogens is 588 g/mol. The zero-order valence-corrected chi connectivity index (χ0v) is 24.6. The Balaban J connectivity index is 0.000000147. The maximum absolute atomic E-state index is 13.3. The van der Waals surface area contributed by atoms with Crippen LogP contribution in [0.4, 0.5) is 8.78 Å². The molecule has 0 atom stereocenters. The molecule has 2 aliphatic carbocycles. The Bertz CT molecular complexity index is 1950. The van der Waals surface area contributed by atoms with Crippen LogP contribution in [0, 0.1) is 11.6 Å². The molecule has 6 aromatic rings. The average molecular weight is 616 g/mol. The lowest BCUT2D eigenvalue weighted by atomic mass is 9.94. The number of hydrogen-bond acceptors (Lipinski definition) is 7. The van der Waals surface area contributed by atoms with Crippen molar-refractivity contribution in [2.75, 3.05) is 0 Å². The highest BCUT2D eigenvalue weighted by Crippen LogP contribution is 2.28. The first-order chi connectivity index (χ1) is 22.4. The van der Waals surface area contributed by atoms with Gasteiger partial charge in [0.15, 0.2) is 17.3 Å². The Morgan fingerprint density at radius 2 is 1.33 bits per heavy atom. The standard InChI is InChI=1S/C18H14FN3O.C18H13FN2O2/c19-12-3-1-4-13(9-12)22-10-17(20-11-22)16-8-7-14-15(21-16)5-2-6-18(14)23;19-12-4-1-3-11(9-12)17-10-20-18(23-17)15-8-7-13-14(21-15)5-2-6-16(13)22/h1,3-4,7-11H,2,5-6H2;1,3-4,7-10H,2,5-6H2. The number of halogens is 2. The monoisotopic (exact) mass is 615 g/mol. The first-order valence-electron chi connectivity index (χ1n) is 15.0. The molecule has 0 N–H and O–H groups in total. The van der Waals surface area contributed by atoms with Crippen LogP contribution in [0.2, 0.25) is 0 Å². The second-order valence-electron chi connectivity index (χ2n) is 11.1. The molecule has 0 saturated carbocycles. The van der Waals surface area contributed by atoms with Crippen LogP contribution in [0.5, 0.6) is 0 Å². The lowest BCUT2D eigenvalue weighted by Gasteiger charge is -2.13. The summed E-state index contributed by atoms with van der Waals surface area (Å²) in [6, 6.07) is 19.7. The molecule has 2 aromatic carbocycles. The third-order valence-electron chi connectivity index (χ3n) is 7.97. The fraction of sp³-hybridized carbons (Fsp3) is 0.167. The summed E-state index contributed by atoms with van der Waals surface area (Å²) in [4.78, 5) is 41.4. The third-order valence-corrected chi connectivity index (χ3v) is 7.97. The molecule has 2 aliphatic rings. The van der Waals surface area contributed by atoms with E-state index in [1.807, 2.05) is 24.4 Å². The molecule has 0 saturated heterocycles. The van der Waals surface area contributed by atoms with Crippen LogP contribution < -0.4 is 0 Å². The van der Waals surface area contributed by atoms with E-state index in [0.29, 0.717) is 52.7 Å². The molecule has 0 radical (unpaired) electrons. The Morgan fingerprint density at radius 1 is 0.674 bits per heavy atom. The van der Waals surface area contributed by atoms with E-state index in [2.05, 4.69) is 19.9 Å². The highest BCUT2D eigenvalue weighted by Gasteiger charge is 2.21. The molecule has 8 nitrogen and oxygen atoms in total. The molecule has 228 valence electrons. The summed E-state index contributed by atoms with van der Waals surface area (Å²) in [6.07, 6.45) is 9.45. The van der Waals surface area contributed by atoms with Gasteiger partial charge in [-0.15, -0.1) is 0 Å². The smallest absolute Gasteiger partial charge is 0.245 e. The van der Waals surface area contributed by atoms with E-state index in [9.17, 15) is 18.4 Å². The van der Waals surface area contributed by atoms with Crippen molar-refractivity contribution in [3.05, 3.63) is 126 Å². The van der Waals surface area contributed by atoms with E-state index >= 15 is 0 Å². The number of ketones is 2. The van der Waals surface area contributed by atoms with Crippen molar-refractivity contribution in [3.8, 4) is 40.0 Å². The van der Waals surface area contributed by atoms with Crippen molar-refractivity contribution in [1.82, 2.24) is 24.5 Å². The first-order valence-corrected chi connectivity index (χ1v) is 15.0. The molecule has 10 heteroatoms. The number of Topliss-reactive ketones (excluding diaryl/α,β-unsaturated/α-hetero) is 2. The number of carbonyl (C=O) groups is 2. The maximum atomic E-state index is 13.3. The number of imidazole rings is 1. The summed E-state index contributed by atoms with van der Waals surface area (Å²) in [6.45, 7) is 0. The second kappa shape index (κ2) is 12.4. The van der Waals surface area contributed by atoms with Crippen LogP contribution in [0.25, 0.3) is 40.0 Å². The second-order valence-corrected chi connectivity index (χ2v) is 11.1. The van der Waals surface area contributed by atoms with Gasteiger partial charge in [0.05, 0.1) is 29.6 Å². The minimum absolute atomic E-state index is 0.137. The van der Waals surface area contributed by atoms with Crippen LogP contribution in [0.3, 0.4) is 0 Å². The number of fused-ring (bicyclic) bond motifs is 2. The predicted octanol–water partition coefficient (Wildman–Crippen LogP) is 7.65. The number of pyridine rings is 2. The highest BCUT2D eigenvalue weighted by molar-refractivity contribution is 5.98. The van der Waals surface area contributed by atoms with Gasteiger partial charge in [0.2, 0.25) is 5.89 Å². The number of aromatic nitrogens is 5. The van der Waals surface area contributed by atoms with Gasteiger partial charge in [-0.1, -0.05) is 18.2 Å². The van der Waals surface area contributed by atoms with E-state index in [-0.39, 0.29) is 23.2 Å². The van der Waals surface area contributed by atoms with Gasteiger partial charge in [0.1, 0.15) is 23.0 Å². The fourth-order valence-electron chi connectivity index (χ4n) is 5.66. The van der Waals surface area contributed by atoms with Crippen LogP contribution in [0.15, 0.2) is 95.9 Å². The van der Waals surface area contributed by atoms with E-state index in [4.69, 9.17) is 4.42 Å². The van der Waals surface area contributed by atoms with Crippen molar-refractivity contribution in [2.24, 2.45) is 0 Å². The predicted molar refractivity (Wildman–Crippen MR) is 166 cm³/mol. The van der Waals surface area contributed by atoms with Crippen molar-refractivity contribution in [2.45, 2.75) is 38.5 Å². The Hall–Kier alpha value is -5.64. The first kappa shape index (κ1) is 29.1. The van der Waals surface area contributed by atoms with Gasteiger partial charge in [-0.2, -0.15) is 0 Å².